The predicted octanol–water partition coefficient (Wildman–Crippen LogP) is 3.30. The van der Waals surface area contributed by atoms with Crippen molar-refractivity contribution in [3.05, 3.63) is 60.2 Å². The molecule has 0 fully saturated rings. The fourth-order valence-corrected chi connectivity index (χ4v) is 2.39. The Morgan fingerprint density at radius 1 is 0.704 bits per heavy atom. The molecule has 0 saturated carbocycles. The van der Waals surface area contributed by atoms with Gasteiger partial charge in [0.25, 0.3) is 0 Å². The summed E-state index contributed by atoms with van der Waals surface area (Å²) in [4.78, 5) is 11.4. The minimum atomic E-state index is -1.14. The van der Waals surface area contributed by atoms with E-state index in [1.165, 1.54) is 18.2 Å². The van der Waals surface area contributed by atoms with Crippen molar-refractivity contribution in [2.45, 2.75) is 0 Å². The Balaban J connectivity index is 1.96. The van der Waals surface area contributed by atoms with Crippen molar-refractivity contribution in [3.8, 4) is 23.0 Å². The zero-order valence-electron chi connectivity index (χ0n) is 14.2. The Kier molecular flexibility index (Phi) is 4.63. The third-order valence-electron chi connectivity index (χ3n) is 3.65. The van der Waals surface area contributed by atoms with Gasteiger partial charge in [0.1, 0.15) is 23.0 Å². The molecule has 0 unspecified atom stereocenters. The fraction of sp³-hybridized carbons (Fsp3) is 0. The predicted molar refractivity (Wildman–Crippen MR) is 104 cm³/mol. The topological polar surface area (TPSA) is 160 Å². The van der Waals surface area contributed by atoms with Crippen LogP contribution >= 0.6 is 0 Å². The maximum absolute atomic E-state index is 11.4. The first-order valence-electron chi connectivity index (χ1n) is 7.86. The number of hydrogen-bond acceptors (Lipinski definition) is 7. The van der Waals surface area contributed by atoms with Gasteiger partial charge in [0, 0.05) is 17.4 Å². The van der Waals surface area contributed by atoms with Crippen molar-refractivity contribution in [1.82, 2.24) is 0 Å². The highest BCUT2D eigenvalue weighted by Gasteiger charge is 2.12. The van der Waals surface area contributed by atoms with Gasteiger partial charge >= 0.3 is 5.97 Å². The molecule has 0 aromatic heterocycles. The van der Waals surface area contributed by atoms with Crippen LogP contribution < -0.4 is 32.4 Å². The first kappa shape index (κ1) is 17.7. The lowest BCUT2D eigenvalue weighted by Crippen LogP contribution is -2.00. The molecule has 27 heavy (non-hydrogen) atoms. The highest BCUT2D eigenvalue weighted by atomic mass is 16.5. The quantitative estimate of drug-likeness (QED) is 0.430. The summed E-state index contributed by atoms with van der Waals surface area (Å²) in [7, 11) is 0. The molecular weight excluding hydrogens is 348 g/mol. The van der Waals surface area contributed by atoms with Crippen LogP contribution in [0.4, 0.5) is 22.7 Å². The van der Waals surface area contributed by atoms with Crippen LogP contribution in [-0.2, 0) is 0 Å². The molecule has 3 rings (SSSR count). The van der Waals surface area contributed by atoms with Gasteiger partial charge in [-0.25, -0.2) is 4.79 Å². The highest BCUT2D eigenvalue weighted by Crippen LogP contribution is 2.35. The molecule has 0 aliphatic heterocycles. The maximum Gasteiger partial charge on any atom is 0.335 e. The van der Waals surface area contributed by atoms with E-state index in [2.05, 4.69) is 0 Å². The van der Waals surface area contributed by atoms with Crippen LogP contribution in [0.2, 0.25) is 0 Å². The van der Waals surface area contributed by atoms with Crippen molar-refractivity contribution in [3.63, 3.8) is 0 Å². The number of anilines is 4. The molecule has 0 atom stereocenters. The Bertz CT molecular complexity index is 949. The van der Waals surface area contributed by atoms with E-state index in [4.69, 9.17) is 32.4 Å². The lowest BCUT2D eigenvalue weighted by Gasteiger charge is -2.13. The summed E-state index contributed by atoms with van der Waals surface area (Å²) in [6.07, 6.45) is 0. The first-order chi connectivity index (χ1) is 12.8. The second-order valence-corrected chi connectivity index (χ2v) is 5.80. The molecule has 0 saturated heterocycles. The molecule has 8 heteroatoms. The molecule has 0 aliphatic rings. The molecule has 3 aromatic carbocycles. The van der Waals surface area contributed by atoms with Crippen molar-refractivity contribution in [2.75, 3.05) is 22.9 Å². The largest absolute Gasteiger partial charge is 0.478 e. The van der Waals surface area contributed by atoms with Gasteiger partial charge in [-0.2, -0.15) is 0 Å². The van der Waals surface area contributed by atoms with Crippen molar-refractivity contribution in [1.29, 1.82) is 0 Å². The Labute approximate surface area is 154 Å². The van der Waals surface area contributed by atoms with Gasteiger partial charge in [0.2, 0.25) is 0 Å². The van der Waals surface area contributed by atoms with Crippen LogP contribution in [0.1, 0.15) is 10.4 Å². The average molecular weight is 366 g/mol. The lowest BCUT2D eigenvalue weighted by atomic mass is 10.2. The standard InChI is InChI=1S/C19H18N4O4/c20-11-1-3-17(15(22)7-11)26-13-5-10(19(24)25)6-14(9-13)27-18-4-2-12(21)8-16(18)23/h1-9H,20-23H2,(H,24,25). The van der Waals surface area contributed by atoms with Crippen molar-refractivity contribution >= 4 is 28.7 Å². The maximum atomic E-state index is 11.4. The summed E-state index contributed by atoms with van der Waals surface area (Å²) in [5.41, 5.74) is 24.7. The normalized spacial score (nSPS) is 10.4. The Hall–Kier alpha value is -4.07. The summed E-state index contributed by atoms with van der Waals surface area (Å²) < 4.78 is 11.4. The van der Waals surface area contributed by atoms with E-state index < -0.39 is 5.97 Å². The summed E-state index contributed by atoms with van der Waals surface area (Å²) in [6, 6.07) is 13.8. The van der Waals surface area contributed by atoms with E-state index in [1.54, 1.807) is 36.4 Å². The number of carboxylic acids is 1. The summed E-state index contributed by atoms with van der Waals surface area (Å²) in [5, 5.41) is 9.35. The molecule has 8 nitrogen and oxygen atoms in total. The molecule has 0 heterocycles. The van der Waals surface area contributed by atoms with Gasteiger partial charge in [-0.3, -0.25) is 0 Å². The fourth-order valence-electron chi connectivity index (χ4n) is 2.39. The van der Waals surface area contributed by atoms with Gasteiger partial charge in [0.05, 0.1) is 16.9 Å². The molecule has 0 aliphatic carbocycles. The van der Waals surface area contributed by atoms with E-state index in [0.29, 0.717) is 34.2 Å². The van der Waals surface area contributed by atoms with Crippen molar-refractivity contribution in [2.24, 2.45) is 0 Å². The number of hydrogen-bond donors (Lipinski definition) is 5. The zero-order valence-corrected chi connectivity index (χ0v) is 14.2. The lowest BCUT2D eigenvalue weighted by molar-refractivity contribution is 0.0696. The minimum Gasteiger partial charge on any atom is -0.478 e. The monoisotopic (exact) mass is 366 g/mol. The number of nitrogens with two attached hydrogens (primary N) is 4. The number of carboxylic acid groups (broad SMARTS) is 1. The van der Waals surface area contributed by atoms with Crippen LogP contribution in [0.3, 0.4) is 0 Å². The molecule has 0 bridgehead atoms. The summed E-state index contributed by atoms with van der Waals surface area (Å²) in [5.74, 6) is 0.000932. The first-order valence-corrected chi connectivity index (χ1v) is 7.86. The molecule has 9 N–H and O–H groups in total. The molecular formula is C19H18N4O4. The van der Waals surface area contributed by atoms with Gasteiger partial charge in [-0.15, -0.1) is 0 Å². The highest BCUT2D eigenvalue weighted by molar-refractivity contribution is 5.88. The molecule has 0 amide bonds. The Morgan fingerprint density at radius 3 is 1.52 bits per heavy atom. The zero-order chi connectivity index (χ0) is 19.6. The van der Waals surface area contributed by atoms with Gasteiger partial charge < -0.3 is 37.5 Å². The number of carbonyl (C=O) groups is 1. The number of benzene rings is 3. The number of ether oxygens (including phenoxy) is 2. The van der Waals surface area contributed by atoms with Crippen molar-refractivity contribution < 1.29 is 19.4 Å². The summed E-state index contributed by atoms with van der Waals surface area (Å²) in [6.45, 7) is 0. The molecule has 3 aromatic rings. The SMILES string of the molecule is Nc1ccc(Oc2cc(Oc3ccc(N)cc3N)cc(C(=O)O)c2)c(N)c1. The average Bonchev–Trinajstić information content (AvgIpc) is 2.60. The van der Waals surface area contributed by atoms with Gasteiger partial charge in [0.15, 0.2) is 0 Å². The van der Waals surface area contributed by atoms with E-state index in [-0.39, 0.29) is 17.1 Å². The van der Waals surface area contributed by atoms with Crippen LogP contribution in [0.15, 0.2) is 54.6 Å². The van der Waals surface area contributed by atoms with Crippen LogP contribution in [0.25, 0.3) is 0 Å². The number of rotatable bonds is 5. The van der Waals surface area contributed by atoms with Crippen LogP contribution in [0.5, 0.6) is 23.0 Å². The van der Waals surface area contributed by atoms with Gasteiger partial charge in [-0.1, -0.05) is 0 Å². The van der Waals surface area contributed by atoms with E-state index in [0.717, 1.165) is 0 Å². The second-order valence-electron chi connectivity index (χ2n) is 5.80. The van der Waals surface area contributed by atoms with Crippen LogP contribution in [0, 0.1) is 0 Å². The third-order valence-corrected chi connectivity index (χ3v) is 3.65. The molecule has 138 valence electrons. The van der Waals surface area contributed by atoms with E-state index in [1.807, 2.05) is 0 Å². The molecule has 0 radical (unpaired) electrons. The summed E-state index contributed by atoms with van der Waals surface area (Å²) >= 11 is 0. The molecule has 0 spiro atoms. The minimum absolute atomic E-state index is 0.0227. The van der Waals surface area contributed by atoms with E-state index in [9.17, 15) is 9.90 Å². The number of nitrogen functional groups attached to an aromatic ring is 4. The smallest absolute Gasteiger partial charge is 0.335 e. The second kappa shape index (κ2) is 7.04. The van der Waals surface area contributed by atoms with E-state index >= 15 is 0 Å². The third kappa shape index (κ3) is 4.13. The van der Waals surface area contributed by atoms with Crippen LogP contribution in [-0.4, -0.2) is 11.1 Å². The Morgan fingerprint density at radius 2 is 1.15 bits per heavy atom. The number of aromatic carboxylic acids is 1. The van der Waals surface area contributed by atoms with Gasteiger partial charge in [-0.05, 0) is 48.5 Å².